The largest absolute Gasteiger partial charge is 0.573 e. The van der Waals surface area contributed by atoms with E-state index >= 15 is 0 Å². The maximum Gasteiger partial charge on any atom is 0.573 e. The molecule has 1 aliphatic rings. The van der Waals surface area contributed by atoms with Gasteiger partial charge < -0.3 is 9.64 Å². The van der Waals surface area contributed by atoms with Crippen molar-refractivity contribution in [1.82, 2.24) is 24.7 Å². The van der Waals surface area contributed by atoms with Crippen LogP contribution < -0.4 is 9.64 Å². The Morgan fingerprint density at radius 1 is 0.839 bits per heavy atom. The lowest BCUT2D eigenvalue weighted by Crippen LogP contribution is -2.46. The maximum atomic E-state index is 13.0. The number of rotatable bonds is 4. The van der Waals surface area contributed by atoms with Gasteiger partial charge in [0.05, 0.1) is 0 Å². The van der Waals surface area contributed by atoms with Gasteiger partial charge in [0.25, 0.3) is 5.82 Å². The van der Waals surface area contributed by atoms with Crippen molar-refractivity contribution >= 4 is 11.5 Å². The van der Waals surface area contributed by atoms with Crippen LogP contribution in [-0.2, 0) is 12.7 Å². The molecule has 0 aliphatic carbocycles. The van der Waals surface area contributed by atoms with Crippen LogP contribution in [0.15, 0.2) is 36.4 Å². The first-order valence-corrected chi connectivity index (χ1v) is 9.20. The molecule has 0 radical (unpaired) electrons. The molecule has 0 spiro atoms. The van der Waals surface area contributed by atoms with E-state index < -0.39 is 18.4 Å². The van der Waals surface area contributed by atoms with Gasteiger partial charge in [0.1, 0.15) is 11.6 Å². The summed E-state index contributed by atoms with van der Waals surface area (Å²) in [5.41, 5.74) is 0.828. The fourth-order valence-electron chi connectivity index (χ4n) is 3.31. The average Bonchev–Trinajstić information content (AvgIpc) is 3.13. The monoisotopic (exact) mass is 446 g/mol. The number of nitrogens with zero attached hydrogens (tertiary/aromatic N) is 6. The normalized spacial score (nSPS) is 16.1. The zero-order valence-electron chi connectivity index (χ0n) is 15.9. The number of alkyl halides is 6. The van der Waals surface area contributed by atoms with Gasteiger partial charge in [-0.05, 0) is 29.8 Å². The second-order valence-corrected chi connectivity index (χ2v) is 6.94. The van der Waals surface area contributed by atoms with Crippen LogP contribution in [0, 0.1) is 0 Å². The quantitative estimate of drug-likeness (QED) is 0.573. The molecule has 3 heterocycles. The van der Waals surface area contributed by atoms with E-state index in [4.69, 9.17) is 0 Å². The van der Waals surface area contributed by atoms with Crippen molar-refractivity contribution in [2.24, 2.45) is 0 Å². The summed E-state index contributed by atoms with van der Waals surface area (Å²) in [4.78, 5) is 3.95. The predicted molar refractivity (Wildman–Crippen MR) is 96.4 cm³/mol. The fourth-order valence-corrected chi connectivity index (χ4v) is 3.31. The van der Waals surface area contributed by atoms with Crippen molar-refractivity contribution in [1.29, 1.82) is 0 Å². The Balaban J connectivity index is 1.37. The third kappa shape index (κ3) is 4.98. The van der Waals surface area contributed by atoms with Crippen LogP contribution in [0.3, 0.4) is 0 Å². The van der Waals surface area contributed by atoms with E-state index in [9.17, 15) is 26.3 Å². The minimum atomic E-state index is -4.73. The van der Waals surface area contributed by atoms with Gasteiger partial charge in [-0.3, -0.25) is 4.90 Å². The van der Waals surface area contributed by atoms with Crippen molar-refractivity contribution in [3.8, 4) is 5.75 Å². The molecule has 166 valence electrons. The van der Waals surface area contributed by atoms with E-state index in [1.165, 1.54) is 18.2 Å². The summed E-state index contributed by atoms with van der Waals surface area (Å²) in [5, 5.41) is 10.7. The molecule has 1 saturated heterocycles. The summed E-state index contributed by atoms with van der Waals surface area (Å²) in [6, 6.07) is 8.67. The average molecular weight is 446 g/mol. The van der Waals surface area contributed by atoms with E-state index in [1.54, 1.807) is 18.2 Å². The van der Waals surface area contributed by atoms with Gasteiger partial charge in [-0.1, -0.05) is 12.1 Å². The van der Waals surface area contributed by atoms with Gasteiger partial charge in [-0.15, -0.1) is 28.5 Å². The summed E-state index contributed by atoms with van der Waals surface area (Å²) in [5.74, 6) is -1.08. The van der Waals surface area contributed by atoms with Crippen LogP contribution in [0.2, 0.25) is 0 Å². The van der Waals surface area contributed by atoms with Crippen molar-refractivity contribution in [3.05, 3.63) is 47.8 Å². The molecule has 13 heteroatoms. The number of anilines is 1. The second kappa shape index (κ2) is 7.87. The highest BCUT2D eigenvalue weighted by Crippen LogP contribution is 2.28. The first kappa shape index (κ1) is 21.2. The fraction of sp³-hybridized carbons (Fsp3) is 0.389. The Bertz CT molecular complexity index is 1040. The highest BCUT2D eigenvalue weighted by molar-refractivity contribution is 5.46. The number of hydrogen-bond donors (Lipinski definition) is 0. The number of benzene rings is 1. The minimum absolute atomic E-state index is 0.00709. The smallest absolute Gasteiger partial charge is 0.406 e. The van der Waals surface area contributed by atoms with E-state index in [0.29, 0.717) is 43.1 Å². The van der Waals surface area contributed by atoms with Crippen LogP contribution >= 0.6 is 0 Å². The van der Waals surface area contributed by atoms with Gasteiger partial charge in [0.2, 0.25) is 0 Å². The lowest BCUT2D eigenvalue weighted by Gasteiger charge is -2.35. The van der Waals surface area contributed by atoms with E-state index in [-0.39, 0.29) is 11.4 Å². The molecule has 0 saturated carbocycles. The van der Waals surface area contributed by atoms with E-state index in [2.05, 4.69) is 24.9 Å². The molecule has 0 N–H and O–H groups in total. The van der Waals surface area contributed by atoms with Gasteiger partial charge in [-0.25, -0.2) is 0 Å². The third-order valence-electron chi connectivity index (χ3n) is 4.76. The lowest BCUT2D eigenvalue weighted by molar-refractivity contribution is -0.274. The topological polar surface area (TPSA) is 58.8 Å². The predicted octanol–water partition coefficient (Wildman–Crippen LogP) is 3.36. The molecule has 0 bridgehead atoms. The minimum Gasteiger partial charge on any atom is -0.406 e. The van der Waals surface area contributed by atoms with Crippen molar-refractivity contribution < 1.29 is 31.1 Å². The Morgan fingerprint density at radius 3 is 2.13 bits per heavy atom. The van der Waals surface area contributed by atoms with Crippen LogP contribution in [0.25, 0.3) is 5.65 Å². The summed E-state index contributed by atoms with van der Waals surface area (Å²) < 4.78 is 80.4. The molecule has 1 aliphatic heterocycles. The molecule has 0 unspecified atom stereocenters. The second-order valence-electron chi connectivity index (χ2n) is 6.94. The number of fused-ring (bicyclic) bond motifs is 1. The third-order valence-corrected chi connectivity index (χ3v) is 4.76. The van der Waals surface area contributed by atoms with Gasteiger partial charge >= 0.3 is 12.5 Å². The summed E-state index contributed by atoms with van der Waals surface area (Å²) in [7, 11) is 0. The van der Waals surface area contributed by atoms with Gasteiger partial charge in [0, 0.05) is 32.7 Å². The van der Waals surface area contributed by atoms with Gasteiger partial charge in [0.15, 0.2) is 5.65 Å². The number of aromatic nitrogens is 4. The maximum absolute atomic E-state index is 13.0. The lowest BCUT2D eigenvalue weighted by atomic mass is 10.2. The molecule has 2 aromatic heterocycles. The highest BCUT2D eigenvalue weighted by atomic mass is 19.4. The number of ether oxygens (including phenoxy) is 1. The summed E-state index contributed by atoms with van der Waals surface area (Å²) in [6.45, 7) is 2.79. The zero-order chi connectivity index (χ0) is 22.2. The molecule has 0 atom stereocenters. The molecule has 1 aromatic carbocycles. The standard InChI is InChI=1S/C18H16F6N6O/c19-17(20,21)16-26-25-14-5-6-15(27-30(14)16)29-9-7-28(8-10-29)11-12-1-3-13(4-2-12)31-18(22,23)24/h1-6H,7-11H2. The Hall–Kier alpha value is -3.09. The summed E-state index contributed by atoms with van der Waals surface area (Å²) >= 11 is 0. The van der Waals surface area contributed by atoms with Crippen molar-refractivity contribution in [3.63, 3.8) is 0 Å². The number of halogens is 6. The first-order chi connectivity index (χ1) is 14.6. The number of piperazine rings is 1. The van der Waals surface area contributed by atoms with Crippen LogP contribution in [0.1, 0.15) is 11.4 Å². The molecule has 7 nitrogen and oxygen atoms in total. The van der Waals surface area contributed by atoms with E-state index in [0.717, 1.165) is 5.56 Å². The molecule has 1 fully saturated rings. The van der Waals surface area contributed by atoms with E-state index in [1.807, 2.05) is 4.90 Å². The van der Waals surface area contributed by atoms with Gasteiger partial charge in [-0.2, -0.15) is 17.7 Å². The van der Waals surface area contributed by atoms with Crippen LogP contribution in [0.5, 0.6) is 5.75 Å². The zero-order valence-corrected chi connectivity index (χ0v) is 15.9. The van der Waals surface area contributed by atoms with Crippen LogP contribution in [-0.4, -0.2) is 57.3 Å². The molecule has 0 amide bonds. The van der Waals surface area contributed by atoms with Crippen molar-refractivity contribution in [2.75, 3.05) is 31.1 Å². The molecule has 3 aromatic rings. The SMILES string of the molecule is FC(F)(F)Oc1ccc(CN2CCN(c3ccc4nnc(C(F)(F)F)n4n3)CC2)cc1. The molecular weight excluding hydrogens is 430 g/mol. The molecular formula is C18H16F6N6O. The Labute approximate surface area is 171 Å². The van der Waals surface area contributed by atoms with Crippen LogP contribution in [0.4, 0.5) is 32.2 Å². The van der Waals surface area contributed by atoms with Crippen molar-refractivity contribution in [2.45, 2.75) is 19.1 Å². The molecule has 4 rings (SSSR count). The first-order valence-electron chi connectivity index (χ1n) is 9.20. The number of hydrogen-bond acceptors (Lipinski definition) is 6. The molecule has 31 heavy (non-hydrogen) atoms. The Morgan fingerprint density at radius 2 is 1.52 bits per heavy atom. The Kier molecular flexibility index (Phi) is 5.37. The summed E-state index contributed by atoms with van der Waals surface area (Å²) in [6.07, 6.45) is -9.40. The highest BCUT2D eigenvalue weighted by Gasteiger charge is 2.38.